The van der Waals surface area contributed by atoms with Crippen LogP contribution in [0.2, 0.25) is 0 Å². The molecule has 0 aliphatic carbocycles. The predicted octanol–water partition coefficient (Wildman–Crippen LogP) is 4.11. The highest BCUT2D eigenvalue weighted by atomic mass is 16.6. The van der Waals surface area contributed by atoms with Crippen LogP contribution < -0.4 is 10.6 Å². The van der Waals surface area contributed by atoms with E-state index in [-0.39, 0.29) is 66.6 Å². The van der Waals surface area contributed by atoms with Gasteiger partial charge < -0.3 is 35.0 Å². The van der Waals surface area contributed by atoms with Gasteiger partial charge in [-0.25, -0.2) is 0 Å². The van der Waals surface area contributed by atoms with Crippen LogP contribution in [-0.2, 0) is 30.3 Å². The second-order valence-electron chi connectivity index (χ2n) is 12.9. The molecule has 0 aliphatic heterocycles. The molecule has 13 nitrogen and oxygen atoms in total. The molecule has 1 aromatic rings. The average Bonchev–Trinajstić information content (AvgIpc) is 3.05. The van der Waals surface area contributed by atoms with E-state index in [4.69, 9.17) is 9.47 Å². The zero-order valence-corrected chi connectivity index (χ0v) is 30.5. The molecule has 1 rings (SSSR count). The number of carbonyl (C=O) groups excluding carboxylic acids is 3. The third-order valence-electron chi connectivity index (χ3n) is 9.15. The molecule has 3 N–H and O–H groups in total. The van der Waals surface area contributed by atoms with Crippen LogP contribution in [0, 0.1) is 27.9 Å². The normalized spacial score (nSPS) is 15.8. The number of ether oxygens (including phenoxy) is 2. The van der Waals surface area contributed by atoms with E-state index in [0.29, 0.717) is 18.5 Å². The fourth-order valence-electron chi connectivity index (χ4n) is 5.95. The summed E-state index contributed by atoms with van der Waals surface area (Å²) < 4.78 is 11.6. The van der Waals surface area contributed by atoms with Crippen LogP contribution in [0.1, 0.15) is 66.4 Å². The molecule has 13 heteroatoms. The summed E-state index contributed by atoms with van der Waals surface area (Å²) in [6, 6.07) is 4.27. The second-order valence-corrected chi connectivity index (χ2v) is 12.9. The number of nitrogens with zero attached hydrogens (tertiary/aromatic N) is 3. The molecule has 0 aliphatic rings. The predicted molar refractivity (Wildman–Crippen MR) is 186 cm³/mol. The van der Waals surface area contributed by atoms with Crippen molar-refractivity contribution < 1.29 is 33.9 Å². The minimum atomic E-state index is -0.842. The first kappa shape index (κ1) is 42.5. The van der Waals surface area contributed by atoms with Gasteiger partial charge in [-0.05, 0) is 37.3 Å². The summed E-state index contributed by atoms with van der Waals surface area (Å²) in [6.45, 7) is 15.9. The molecule has 1 aromatic carbocycles. The van der Waals surface area contributed by atoms with Crippen molar-refractivity contribution in [2.45, 2.75) is 97.6 Å². The maximum atomic E-state index is 13.9. The molecule has 48 heavy (non-hydrogen) atoms. The number of methoxy groups -OCH3 is 2. The van der Waals surface area contributed by atoms with Gasteiger partial charge in [-0.2, -0.15) is 0 Å². The fraction of sp³-hybridized carbons (Fsp3) is 0.686. The lowest BCUT2D eigenvalue weighted by Gasteiger charge is -2.40. The zero-order chi connectivity index (χ0) is 36.7. The molecule has 7 unspecified atom stereocenters. The zero-order valence-electron chi connectivity index (χ0n) is 30.5. The highest BCUT2D eigenvalue weighted by Crippen LogP contribution is 2.24. The number of nitro benzene ring substituents is 1. The Balaban J connectivity index is 3.14. The Morgan fingerprint density at radius 3 is 2.06 bits per heavy atom. The van der Waals surface area contributed by atoms with Crippen molar-refractivity contribution in [2.24, 2.45) is 17.8 Å². The first-order chi connectivity index (χ1) is 22.6. The summed E-state index contributed by atoms with van der Waals surface area (Å²) in [4.78, 5) is 54.7. The highest BCUT2D eigenvalue weighted by Gasteiger charge is 2.38. The minimum Gasteiger partial charge on any atom is -0.511 e. The van der Waals surface area contributed by atoms with Gasteiger partial charge in [0.05, 0.1) is 47.6 Å². The number of aliphatic hydroxyl groups is 1. The Kier molecular flexibility index (Phi) is 18.3. The number of hydrogen-bond donors (Lipinski definition) is 3. The van der Waals surface area contributed by atoms with E-state index < -0.39 is 35.0 Å². The first-order valence-electron chi connectivity index (χ1n) is 16.8. The minimum absolute atomic E-state index is 0.0354. The van der Waals surface area contributed by atoms with Crippen molar-refractivity contribution in [1.29, 1.82) is 0 Å². The Labute approximate surface area is 286 Å². The summed E-state index contributed by atoms with van der Waals surface area (Å²) in [5.41, 5.74) is 0.601. The van der Waals surface area contributed by atoms with Crippen LogP contribution in [-0.4, -0.2) is 109 Å². The van der Waals surface area contributed by atoms with Gasteiger partial charge in [0.1, 0.15) is 5.76 Å². The van der Waals surface area contributed by atoms with E-state index in [1.165, 1.54) is 19.2 Å². The summed E-state index contributed by atoms with van der Waals surface area (Å²) in [5.74, 6) is -1.50. The molecule has 0 bridgehead atoms. The Bertz CT molecular complexity index is 1190. The summed E-state index contributed by atoms with van der Waals surface area (Å²) in [7, 11) is 6.57. The maximum Gasteiger partial charge on any atom is 0.269 e. The highest BCUT2D eigenvalue weighted by molar-refractivity contribution is 5.83. The van der Waals surface area contributed by atoms with Crippen LogP contribution in [0.25, 0.3) is 0 Å². The molecular formula is C35H59N5O8. The Morgan fingerprint density at radius 2 is 1.62 bits per heavy atom. The smallest absolute Gasteiger partial charge is 0.269 e. The molecule has 0 fully saturated rings. The van der Waals surface area contributed by atoms with Gasteiger partial charge in [-0.15, -0.1) is 0 Å². The van der Waals surface area contributed by atoms with Crippen molar-refractivity contribution in [1.82, 2.24) is 20.4 Å². The lowest BCUT2D eigenvalue weighted by molar-refractivity contribution is -0.384. The van der Waals surface area contributed by atoms with E-state index >= 15 is 0 Å². The Hall–Kier alpha value is -3.55. The standard InChI is InChI=1S/C35H59N5O8/c1-12-18-39(31(42)20-29(47-10)33(23(5)13-2)38(9)35(44)32(36-8)22(3)4)21-30(48-11)24(6)34(43)37-28(25(7)41)19-26-14-16-27(17-15-26)40(45)46/h14-17,22-24,28-30,32-33,36,41H,7,12-13,18-21H2,1-6,8-11H3,(H,37,43). The number of amides is 3. The van der Waals surface area contributed by atoms with E-state index in [0.717, 1.165) is 6.42 Å². The first-order valence-corrected chi connectivity index (χ1v) is 16.8. The topological polar surface area (TPSA) is 164 Å². The van der Waals surface area contributed by atoms with Crippen LogP contribution in [0.15, 0.2) is 36.6 Å². The maximum absolute atomic E-state index is 13.9. The lowest BCUT2D eigenvalue weighted by atomic mass is 9.89. The van der Waals surface area contributed by atoms with Crippen molar-refractivity contribution >= 4 is 23.4 Å². The number of aliphatic hydroxyl groups excluding tert-OH is 1. The fourth-order valence-corrected chi connectivity index (χ4v) is 5.95. The number of nitro groups is 1. The molecule has 0 spiro atoms. The molecular weight excluding hydrogens is 618 g/mol. The Morgan fingerprint density at radius 1 is 1.04 bits per heavy atom. The summed E-state index contributed by atoms with van der Waals surface area (Å²) in [5, 5.41) is 27.2. The molecule has 0 saturated carbocycles. The molecule has 3 amide bonds. The third-order valence-corrected chi connectivity index (χ3v) is 9.15. The number of carbonyl (C=O) groups is 3. The number of hydrogen-bond acceptors (Lipinski definition) is 9. The molecule has 272 valence electrons. The van der Waals surface area contributed by atoms with Crippen LogP contribution >= 0.6 is 0 Å². The van der Waals surface area contributed by atoms with Gasteiger partial charge in [0, 0.05) is 46.5 Å². The van der Waals surface area contributed by atoms with E-state index in [1.807, 2.05) is 27.7 Å². The van der Waals surface area contributed by atoms with Crippen LogP contribution in [0.3, 0.4) is 0 Å². The van der Waals surface area contributed by atoms with Crippen molar-refractivity contribution in [3.8, 4) is 0 Å². The average molecular weight is 678 g/mol. The van der Waals surface area contributed by atoms with Crippen LogP contribution in [0.5, 0.6) is 0 Å². The molecule has 0 aromatic heterocycles. The summed E-state index contributed by atoms with van der Waals surface area (Å²) in [6.07, 6.45) is 0.419. The van der Waals surface area contributed by atoms with E-state index in [1.54, 1.807) is 50.1 Å². The third kappa shape index (κ3) is 12.2. The number of benzene rings is 1. The van der Waals surface area contributed by atoms with Crippen molar-refractivity contribution in [3.63, 3.8) is 0 Å². The largest absolute Gasteiger partial charge is 0.511 e. The van der Waals surface area contributed by atoms with Crippen LogP contribution in [0.4, 0.5) is 5.69 Å². The number of nitrogens with one attached hydrogen (secondary N) is 2. The van der Waals surface area contributed by atoms with Gasteiger partial charge in [-0.3, -0.25) is 24.5 Å². The quantitative estimate of drug-likeness (QED) is 0.0931. The number of non-ortho nitro benzene ring substituents is 1. The van der Waals surface area contributed by atoms with E-state index in [9.17, 15) is 29.6 Å². The van der Waals surface area contributed by atoms with Gasteiger partial charge in [0.2, 0.25) is 17.7 Å². The molecule has 0 heterocycles. The van der Waals surface area contributed by atoms with Gasteiger partial charge in [-0.1, -0.05) is 66.7 Å². The number of likely N-dealkylation sites (N-methyl/N-ethyl adjacent to an activating group) is 2. The summed E-state index contributed by atoms with van der Waals surface area (Å²) >= 11 is 0. The monoisotopic (exact) mass is 677 g/mol. The lowest BCUT2D eigenvalue weighted by Crippen LogP contribution is -2.56. The second kappa shape index (κ2) is 20.7. The SMILES string of the molecule is C=C(O)C(Cc1ccc([N+](=O)[O-])cc1)NC(=O)C(C)C(CN(CCC)C(=O)CC(OC)C(C(C)CC)N(C)C(=O)C(NC)C(C)C)OC. The van der Waals surface area contributed by atoms with Crippen molar-refractivity contribution in [3.05, 3.63) is 52.3 Å². The van der Waals surface area contributed by atoms with Gasteiger partial charge >= 0.3 is 0 Å². The van der Waals surface area contributed by atoms with E-state index in [2.05, 4.69) is 24.1 Å². The molecule has 7 atom stereocenters. The van der Waals surface area contributed by atoms with Crippen molar-refractivity contribution in [2.75, 3.05) is 41.4 Å². The molecule has 0 saturated heterocycles. The van der Waals surface area contributed by atoms with Gasteiger partial charge in [0.25, 0.3) is 5.69 Å². The number of rotatable bonds is 22. The van der Waals surface area contributed by atoms with Gasteiger partial charge in [0.15, 0.2) is 0 Å². The molecule has 0 radical (unpaired) electrons.